The van der Waals surface area contributed by atoms with Crippen LogP contribution in [0.25, 0.3) is 11.1 Å². The predicted octanol–water partition coefficient (Wildman–Crippen LogP) is 2.88. The van der Waals surface area contributed by atoms with Gasteiger partial charge in [-0.15, -0.1) is 0 Å². The lowest BCUT2D eigenvalue weighted by Gasteiger charge is -2.10. The molecule has 5 nitrogen and oxygen atoms in total. The van der Waals surface area contributed by atoms with E-state index in [0.29, 0.717) is 18.2 Å². The lowest BCUT2D eigenvalue weighted by atomic mass is 10.1. The highest BCUT2D eigenvalue weighted by atomic mass is 19.1. The van der Waals surface area contributed by atoms with Crippen molar-refractivity contribution in [1.82, 2.24) is 19.7 Å². The molecule has 0 radical (unpaired) electrons. The van der Waals surface area contributed by atoms with Crippen molar-refractivity contribution in [3.8, 4) is 16.9 Å². The van der Waals surface area contributed by atoms with Crippen molar-refractivity contribution in [2.45, 2.75) is 12.6 Å². The summed E-state index contributed by atoms with van der Waals surface area (Å²) in [6.07, 6.45) is 7.20. The molecule has 1 aliphatic heterocycles. The maximum Gasteiger partial charge on any atom is 0.172 e. The Morgan fingerprint density at radius 3 is 2.92 bits per heavy atom. The smallest absolute Gasteiger partial charge is 0.172 e. The molecule has 25 heavy (non-hydrogen) atoms. The van der Waals surface area contributed by atoms with Crippen LogP contribution in [0, 0.1) is 5.82 Å². The van der Waals surface area contributed by atoms with Crippen molar-refractivity contribution in [2.24, 2.45) is 7.05 Å². The summed E-state index contributed by atoms with van der Waals surface area (Å²) < 4.78 is 22.2. The van der Waals surface area contributed by atoms with E-state index in [0.717, 1.165) is 18.7 Å². The molecule has 3 aromatic rings. The van der Waals surface area contributed by atoms with Gasteiger partial charge in [-0.2, -0.15) is 5.10 Å². The van der Waals surface area contributed by atoms with Gasteiger partial charge in [0, 0.05) is 55.4 Å². The van der Waals surface area contributed by atoms with E-state index in [2.05, 4.69) is 15.0 Å². The predicted molar refractivity (Wildman–Crippen MR) is 92.5 cm³/mol. The zero-order chi connectivity index (χ0) is 17.2. The average molecular weight is 338 g/mol. The third kappa shape index (κ3) is 3.53. The van der Waals surface area contributed by atoms with E-state index in [1.807, 2.05) is 25.5 Å². The second-order valence-corrected chi connectivity index (χ2v) is 6.28. The van der Waals surface area contributed by atoms with Gasteiger partial charge in [-0.05, 0) is 12.1 Å². The third-order valence-corrected chi connectivity index (χ3v) is 4.34. The minimum absolute atomic E-state index is 0.287. The number of hydrogen-bond donors (Lipinski definition) is 0. The molecule has 4 rings (SSSR count). The SMILES string of the molecule is Cn1cc(CN2CC2COc2cccc(-c3cccnc3)c2F)cn1. The van der Waals surface area contributed by atoms with Crippen LogP contribution < -0.4 is 4.74 Å². The van der Waals surface area contributed by atoms with Crippen LogP contribution >= 0.6 is 0 Å². The highest BCUT2D eigenvalue weighted by Crippen LogP contribution is 2.29. The normalized spacial score (nSPS) is 19.0. The van der Waals surface area contributed by atoms with Gasteiger partial charge in [0.1, 0.15) is 6.61 Å². The molecule has 0 saturated carbocycles. The molecule has 6 heteroatoms. The van der Waals surface area contributed by atoms with Gasteiger partial charge in [-0.25, -0.2) is 4.39 Å². The van der Waals surface area contributed by atoms with Gasteiger partial charge >= 0.3 is 0 Å². The number of pyridine rings is 1. The van der Waals surface area contributed by atoms with Crippen LogP contribution in [-0.4, -0.2) is 38.9 Å². The Hall–Kier alpha value is -2.73. The maximum absolute atomic E-state index is 14.7. The van der Waals surface area contributed by atoms with Crippen molar-refractivity contribution >= 4 is 0 Å². The van der Waals surface area contributed by atoms with E-state index in [1.165, 1.54) is 5.56 Å². The number of rotatable bonds is 6. The molecule has 3 heterocycles. The summed E-state index contributed by atoms with van der Waals surface area (Å²) in [5, 5.41) is 4.17. The fraction of sp³-hybridized carbons (Fsp3) is 0.263. The molecule has 2 unspecified atom stereocenters. The summed E-state index contributed by atoms with van der Waals surface area (Å²) in [6.45, 7) is 2.28. The molecule has 1 aliphatic rings. The number of halogens is 1. The first-order valence-corrected chi connectivity index (χ1v) is 8.24. The van der Waals surface area contributed by atoms with Gasteiger partial charge < -0.3 is 4.74 Å². The second-order valence-electron chi connectivity index (χ2n) is 6.28. The summed E-state index contributed by atoms with van der Waals surface area (Å²) in [7, 11) is 1.91. The molecule has 2 aromatic heterocycles. The van der Waals surface area contributed by atoms with Crippen molar-refractivity contribution in [3.05, 3.63) is 66.5 Å². The fourth-order valence-electron chi connectivity index (χ4n) is 2.92. The number of aromatic nitrogens is 3. The van der Waals surface area contributed by atoms with Crippen molar-refractivity contribution in [2.75, 3.05) is 13.2 Å². The van der Waals surface area contributed by atoms with Crippen LogP contribution in [-0.2, 0) is 13.6 Å². The first kappa shape index (κ1) is 15.8. The van der Waals surface area contributed by atoms with E-state index in [9.17, 15) is 4.39 Å². The molecule has 0 bridgehead atoms. The highest BCUT2D eigenvalue weighted by molar-refractivity contribution is 5.65. The van der Waals surface area contributed by atoms with E-state index >= 15 is 0 Å². The number of nitrogens with zero attached hydrogens (tertiary/aromatic N) is 4. The van der Waals surface area contributed by atoms with Crippen LogP contribution in [0.4, 0.5) is 4.39 Å². The summed E-state index contributed by atoms with van der Waals surface area (Å²) in [6, 6.07) is 9.17. The zero-order valence-electron chi connectivity index (χ0n) is 14.0. The molecule has 1 saturated heterocycles. The Labute approximate surface area is 145 Å². The molecular formula is C19H19FN4O. The summed E-state index contributed by atoms with van der Waals surface area (Å²) in [5.74, 6) is -0.0514. The molecule has 2 atom stereocenters. The van der Waals surface area contributed by atoms with Crippen molar-refractivity contribution < 1.29 is 9.13 Å². The molecule has 0 spiro atoms. The maximum atomic E-state index is 14.7. The Balaban J connectivity index is 1.38. The molecule has 128 valence electrons. The Bertz CT molecular complexity index is 865. The number of benzene rings is 1. The highest BCUT2D eigenvalue weighted by Gasteiger charge is 2.34. The van der Waals surface area contributed by atoms with Gasteiger partial charge in [-0.3, -0.25) is 14.6 Å². The topological polar surface area (TPSA) is 43.0 Å². The Kier molecular flexibility index (Phi) is 4.19. The summed E-state index contributed by atoms with van der Waals surface area (Å²) >= 11 is 0. The van der Waals surface area contributed by atoms with Gasteiger partial charge in [0.25, 0.3) is 0 Å². The van der Waals surface area contributed by atoms with E-state index < -0.39 is 0 Å². The molecule has 0 N–H and O–H groups in total. The average Bonchev–Trinajstić information content (AvgIpc) is 3.24. The monoisotopic (exact) mass is 338 g/mol. The number of ether oxygens (including phenoxy) is 1. The van der Waals surface area contributed by atoms with Crippen LogP contribution in [0.3, 0.4) is 0 Å². The molecule has 0 aliphatic carbocycles. The standard InChI is InChI=1S/C19H19FN4O/c1-23-10-14(8-22-23)11-24-12-16(24)13-25-18-6-2-5-17(19(18)20)15-4-3-7-21-9-15/h2-10,16H,11-13H2,1H3. The van der Waals surface area contributed by atoms with Crippen LogP contribution in [0.5, 0.6) is 5.75 Å². The fourth-order valence-corrected chi connectivity index (χ4v) is 2.92. The quantitative estimate of drug-likeness (QED) is 0.648. The lowest BCUT2D eigenvalue weighted by molar-refractivity contribution is 0.280. The Morgan fingerprint density at radius 1 is 1.24 bits per heavy atom. The number of hydrogen-bond acceptors (Lipinski definition) is 4. The van der Waals surface area contributed by atoms with Gasteiger partial charge in [-0.1, -0.05) is 18.2 Å². The van der Waals surface area contributed by atoms with E-state index in [4.69, 9.17) is 4.74 Å². The van der Waals surface area contributed by atoms with Crippen molar-refractivity contribution in [1.29, 1.82) is 0 Å². The van der Waals surface area contributed by atoms with Gasteiger partial charge in [0.15, 0.2) is 11.6 Å². The zero-order valence-corrected chi connectivity index (χ0v) is 14.0. The summed E-state index contributed by atoms with van der Waals surface area (Å²) in [5.41, 5.74) is 2.43. The molecule has 1 fully saturated rings. The first-order chi connectivity index (χ1) is 12.2. The van der Waals surface area contributed by atoms with Crippen molar-refractivity contribution in [3.63, 3.8) is 0 Å². The molecule has 1 aromatic carbocycles. The number of aryl methyl sites for hydroxylation is 1. The largest absolute Gasteiger partial charge is 0.489 e. The molecular weight excluding hydrogens is 319 g/mol. The third-order valence-electron chi connectivity index (χ3n) is 4.34. The van der Waals surface area contributed by atoms with E-state index in [1.54, 1.807) is 41.3 Å². The van der Waals surface area contributed by atoms with Crippen LogP contribution in [0.1, 0.15) is 5.56 Å². The van der Waals surface area contributed by atoms with Gasteiger partial charge in [0.2, 0.25) is 0 Å². The second kappa shape index (κ2) is 6.64. The Morgan fingerprint density at radius 2 is 2.16 bits per heavy atom. The summed E-state index contributed by atoms with van der Waals surface area (Å²) in [4.78, 5) is 6.32. The van der Waals surface area contributed by atoms with Crippen LogP contribution in [0.15, 0.2) is 55.1 Å². The van der Waals surface area contributed by atoms with E-state index in [-0.39, 0.29) is 11.6 Å². The van der Waals surface area contributed by atoms with Gasteiger partial charge in [0.05, 0.1) is 12.2 Å². The minimum atomic E-state index is -0.338. The lowest BCUT2D eigenvalue weighted by Crippen LogP contribution is -2.11. The molecule has 0 amide bonds. The van der Waals surface area contributed by atoms with Crippen LogP contribution in [0.2, 0.25) is 0 Å². The first-order valence-electron chi connectivity index (χ1n) is 8.24. The minimum Gasteiger partial charge on any atom is -0.489 e.